The molecule has 0 bridgehead atoms. The van der Waals surface area contributed by atoms with Crippen molar-refractivity contribution in [3.05, 3.63) is 46.2 Å². The van der Waals surface area contributed by atoms with Crippen LogP contribution in [0.5, 0.6) is 0 Å². The Morgan fingerprint density at radius 3 is 2.32 bits per heavy atom. The largest absolute Gasteiger partial charge is 0.478 e. The number of carboxylic acids is 1. The number of likely N-dealkylation sites (N-methyl/N-ethyl adjacent to an activating group) is 1. The number of hydrogen-bond donors (Lipinski definition) is 2. The molecule has 0 spiro atoms. The number of imidazole rings is 1. The van der Waals surface area contributed by atoms with Gasteiger partial charge >= 0.3 is 12.1 Å². The molecule has 9 nitrogen and oxygen atoms in total. The summed E-state index contributed by atoms with van der Waals surface area (Å²) in [4.78, 5) is 38.0. The molecule has 2 fully saturated rings. The lowest BCUT2D eigenvalue weighted by atomic mass is 9.80. The normalized spacial score (nSPS) is 20.6. The zero-order valence-electron chi connectivity index (χ0n) is 23.6. The first kappa shape index (κ1) is 28.9. The van der Waals surface area contributed by atoms with E-state index in [0.29, 0.717) is 22.7 Å². The van der Waals surface area contributed by atoms with Crippen LogP contribution in [0.1, 0.15) is 69.4 Å². The van der Waals surface area contributed by atoms with Crippen LogP contribution in [0.3, 0.4) is 0 Å². The third-order valence-electron chi connectivity index (χ3n) is 8.77. The highest BCUT2D eigenvalue weighted by Gasteiger charge is 2.35. The number of alkyl halides is 3. The molecule has 222 valence electrons. The lowest BCUT2D eigenvalue weighted by molar-refractivity contribution is -0.141. The molecular weight excluding hydrogens is 537 g/mol. The fourth-order valence-corrected chi connectivity index (χ4v) is 6.02. The molecule has 1 aliphatic heterocycles. The number of carbonyl (C=O) groups is 2. The van der Waals surface area contributed by atoms with Crippen molar-refractivity contribution in [1.29, 1.82) is 0 Å². The second-order valence-corrected chi connectivity index (χ2v) is 11.5. The minimum atomic E-state index is -4.46. The third-order valence-corrected chi connectivity index (χ3v) is 8.77. The molecular formula is C29H37F3N6O3. The second kappa shape index (κ2) is 11.4. The van der Waals surface area contributed by atoms with Crippen molar-refractivity contribution in [2.45, 2.75) is 83.2 Å². The van der Waals surface area contributed by atoms with Crippen LogP contribution < -0.4 is 21.1 Å². The molecule has 2 aliphatic carbocycles. The van der Waals surface area contributed by atoms with Crippen LogP contribution in [0, 0.1) is 11.8 Å². The summed E-state index contributed by atoms with van der Waals surface area (Å²) in [6, 6.07) is 4.94. The summed E-state index contributed by atoms with van der Waals surface area (Å²) in [6.45, 7) is 2.17. The van der Waals surface area contributed by atoms with Gasteiger partial charge in [0, 0.05) is 26.1 Å². The summed E-state index contributed by atoms with van der Waals surface area (Å²) in [5.74, 6) is -0.132. The molecule has 2 heterocycles. The molecule has 0 saturated heterocycles. The Kier molecular flexibility index (Phi) is 8.02. The maximum atomic E-state index is 13.6. The van der Waals surface area contributed by atoms with Crippen molar-refractivity contribution >= 4 is 23.6 Å². The summed E-state index contributed by atoms with van der Waals surface area (Å²) in [5, 5.41) is 14.0. The van der Waals surface area contributed by atoms with E-state index in [1.807, 2.05) is 0 Å². The van der Waals surface area contributed by atoms with E-state index in [0.717, 1.165) is 63.5 Å². The molecule has 5 rings (SSSR count). The average molecular weight is 575 g/mol. The number of hydrogen-bond acceptors (Lipinski definition) is 6. The summed E-state index contributed by atoms with van der Waals surface area (Å²) in [7, 11) is 3.30. The van der Waals surface area contributed by atoms with Crippen LogP contribution in [0.25, 0.3) is 5.82 Å². The van der Waals surface area contributed by atoms with Gasteiger partial charge in [0.05, 0.1) is 12.1 Å². The summed E-state index contributed by atoms with van der Waals surface area (Å²) in [6.07, 6.45) is 2.21. The Hall–Kier alpha value is -3.57. The first-order chi connectivity index (χ1) is 19.5. The minimum Gasteiger partial charge on any atom is -0.478 e. The van der Waals surface area contributed by atoms with Crippen LogP contribution in [0.4, 0.5) is 19.1 Å². The summed E-state index contributed by atoms with van der Waals surface area (Å²) < 4.78 is 41.5. The van der Waals surface area contributed by atoms with E-state index in [9.17, 15) is 27.9 Å². The molecule has 12 heteroatoms. The number of nitrogens with one attached hydrogen (secondary N) is 1. The summed E-state index contributed by atoms with van der Waals surface area (Å²) in [5.41, 5.74) is 0.0115. The molecule has 2 N–H and O–H groups in total. The highest BCUT2D eigenvalue weighted by molar-refractivity contribution is 5.93. The van der Waals surface area contributed by atoms with Gasteiger partial charge in [-0.2, -0.15) is 18.2 Å². The highest BCUT2D eigenvalue weighted by Crippen LogP contribution is 2.31. The van der Waals surface area contributed by atoms with Gasteiger partial charge in [0.1, 0.15) is 11.2 Å². The van der Waals surface area contributed by atoms with Gasteiger partial charge in [0.25, 0.3) is 0 Å². The Morgan fingerprint density at radius 2 is 1.76 bits per heavy atom. The lowest BCUT2D eigenvalue weighted by Crippen LogP contribution is -2.55. The van der Waals surface area contributed by atoms with Crippen LogP contribution in [0.2, 0.25) is 0 Å². The number of amides is 1. The van der Waals surface area contributed by atoms with Gasteiger partial charge in [-0.3, -0.25) is 9.69 Å². The standard InChI is InChI=1S/C29H37F3N6O3/c1-17(19-10-7-11-19)33-24-22-23(34-25(27(40)41)36(24)2)35-28(37(3)26(39)20-8-5-4-6-9-20)38(22)16-18-12-14-21(15-13-18)29(30,31)32/h12-15,17,19-20,25,33H,4-11,16H2,1-3H3,(H,40,41)/t17?,25-/m0/s1. The van der Waals surface area contributed by atoms with Crippen molar-refractivity contribution in [3.8, 4) is 0 Å². The third kappa shape index (κ3) is 5.78. The molecule has 1 aromatic heterocycles. The lowest BCUT2D eigenvalue weighted by Gasteiger charge is -2.36. The molecule has 1 amide bonds. The minimum absolute atomic E-state index is 0.0427. The van der Waals surface area contributed by atoms with E-state index >= 15 is 0 Å². The Balaban J connectivity index is 1.65. The first-order valence-corrected chi connectivity index (χ1v) is 14.3. The van der Waals surface area contributed by atoms with E-state index in [4.69, 9.17) is 4.98 Å². The van der Waals surface area contributed by atoms with Gasteiger partial charge < -0.3 is 19.9 Å². The van der Waals surface area contributed by atoms with E-state index in [1.54, 1.807) is 23.6 Å². The number of fused-ring (bicyclic) bond motifs is 1. The predicted molar refractivity (Wildman–Crippen MR) is 146 cm³/mol. The van der Waals surface area contributed by atoms with Gasteiger partial charge in [-0.15, -0.1) is 0 Å². The number of nitrogens with zero attached hydrogens (tertiary/aromatic N) is 5. The van der Waals surface area contributed by atoms with Gasteiger partial charge in [-0.25, -0.2) is 9.79 Å². The fraction of sp³-hybridized carbons (Fsp3) is 0.586. The van der Waals surface area contributed by atoms with E-state index < -0.39 is 23.9 Å². The van der Waals surface area contributed by atoms with Gasteiger partial charge in [-0.05, 0) is 56.2 Å². The number of anilines is 1. The number of benzene rings is 1. The number of aromatic nitrogens is 2. The van der Waals surface area contributed by atoms with Crippen molar-refractivity contribution in [1.82, 2.24) is 19.8 Å². The average Bonchev–Trinajstić information content (AvgIpc) is 3.26. The molecule has 41 heavy (non-hydrogen) atoms. The number of rotatable bonds is 8. The molecule has 1 aromatic carbocycles. The monoisotopic (exact) mass is 574 g/mol. The maximum absolute atomic E-state index is 13.6. The molecule has 0 radical (unpaired) electrons. The molecule has 1 unspecified atom stereocenters. The van der Waals surface area contributed by atoms with Crippen molar-refractivity contribution in [2.24, 2.45) is 16.8 Å². The van der Waals surface area contributed by atoms with Crippen molar-refractivity contribution < 1.29 is 27.9 Å². The van der Waals surface area contributed by atoms with Crippen molar-refractivity contribution in [2.75, 3.05) is 19.0 Å². The first-order valence-electron chi connectivity index (χ1n) is 14.3. The van der Waals surface area contributed by atoms with Crippen LogP contribution in [0.15, 0.2) is 29.3 Å². The van der Waals surface area contributed by atoms with E-state index in [1.165, 1.54) is 17.0 Å². The fourth-order valence-electron chi connectivity index (χ4n) is 6.02. The number of halogens is 3. The Labute approximate surface area is 236 Å². The number of carbonyl (C=O) groups excluding carboxylic acids is 1. The quantitative estimate of drug-likeness (QED) is 0.502. The van der Waals surface area contributed by atoms with Gasteiger partial charge in [-0.1, -0.05) is 37.8 Å². The maximum Gasteiger partial charge on any atom is 0.416 e. The molecule has 2 saturated carbocycles. The van der Waals surface area contributed by atoms with Crippen molar-refractivity contribution in [3.63, 3.8) is 0 Å². The number of carboxylic acid groups (broad SMARTS) is 1. The zero-order chi connectivity index (χ0) is 29.5. The van der Waals surface area contributed by atoms with E-state index in [2.05, 4.69) is 17.2 Å². The molecule has 2 atom stereocenters. The van der Waals surface area contributed by atoms with Crippen LogP contribution >= 0.6 is 0 Å². The highest BCUT2D eigenvalue weighted by atomic mass is 19.4. The van der Waals surface area contributed by atoms with E-state index in [-0.39, 0.29) is 35.8 Å². The van der Waals surface area contributed by atoms with Crippen LogP contribution in [-0.2, 0) is 22.3 Å². The second-order valence-electron chi connectivity index (χ2n) is 11.5. The smallest absolute Gasteiger partial charge is 0.416 e. The summed E-state index contributed by atoms with van der Waals surface area (Å²) >= 11 is 0. The zero-order valence-corrected chi connectivity index (χ0v) is 23.6. The Morgan fingerprint density at radius 1 is 1.10 bits per heavy atom. The molecule has 2 aromatic rings. The Bertz CT molecular complexity index is 1410. The van der Waals surface area contributed by atoms with Gasteiger partial charge in [0.2, 0.25) is 18.0 Å². The number of aliphatic carboxylic acids is 1. The topological polar surface area (TPSA) is 103 Å². The van der Waals surface area contributed by atoms with Gasteiger partial charge in [0.15, 0.2) is 5.49 Å². The molecule has 3 aliphatic rings. The predicted octanol–water partition coefficient (Wildman–Crippen LogP) is 3.31. The SMILES string of the molecule is CC(NC1=c2c(nc(N(C)C(=O)C3CCCCC3)n2Cc2ccc(C(F)(F)F)cc2)=N[C@H](C(=O)O)N1C)C1CCC1. The van der Waals surface area contributed by atoms with Crippen LogP contribution in [-0.4, -0.2) is 57.7 Å².